The van der Waals surface area contributed by atoms with Gasteiger partial charge in [0.25, 0.3) is 0 Å². The number of nitrogens with two attached hydrogens (primary N) is 1. The summed E-state index contributed by atoms with van der Waals surface area (Å²) >= 11 is 0. The van der Waals surface area contributed by atoms with Gasteiger partial charge in [0.05, 0.1) is 12.0 Å². The van der Waals surface area contributed by atoms with Crippen LogP contribution in [0.15, 0.2) is 54.3 Å². The summed E-state index contributed by atoms with van der Waals surface area (Å²) < 4.78 is 34.0. The molecule has 0 saturated carbocycles. The number of nitrogens with one attached hydrogen (secondary N) is 1. The van der Waals surface area contributed by atoms with Gasteiger partial charge < -0.3 is 20.7 Å². The lowest BCUT2D eigenvalue weighted by Crippen LogP contribution is -2.39. The molecule has 0 bridgehead atoms. The van der Waals surface area contributed by atoms with Crippen molar-refractivity contribution in [3.63, 3.8) is 0 Å². The van der Waals surface area contributed by atoms with E-state index in [2.05, 4.69) is 14.7 Å². The normalized spacial score (nSPS) is 24.7. The van der Waals surface area contributed by atoms with E-state index in [1.807, 2.05) is 6.07 Å². The molecule has 3 aromatic rings. The number of aromatic nitrogens is 3. The van der Waals surface area contributed by atoms with Crippen molar-refractivity contribution in [1.29, 1.82) is 0 Å². The molecule has 1 aliphatic heterocycles. The second-order valence-electron chi connectivity index (χ2n) is 6.88. The molecule has 4 atom stereocenters. The number of ether oxygens (including phenoxy) is 1. The van der Waals surface area contributed by atoms with E-state index >= 15 is 0 Å². The molecule has 1 fully saturated rings. The molecule has 158 valence electrons. The first-order chi connectivity index (χ1) is 14.4. The summed E-state index contributed by atoms with van der Waals surface area (Å²) in [6.07, 6.45) is -0.215. The van der Waals surface area contributed by atoms with Crippen LogP contribution < -0.4 is 10.5 Å². The van der Waals surface area contributed by atoms with Crippen LogP contribution in [0.25, 0.3) is 17.2 Å². The molecule has 11 heteroatoms. The van der Waals surface area contributed by atoms with E-state index in [0.717, 1.165) is 11.0 Å². The molecule has 10 nitrogen and oxygen atoms in total. The van der Waals surface area contributed by atoms with Gasteiger partial charge in [-0.05, 0) is 17.7 Å². The van der Waals surface area contributed by atoms with Gasteiger partial charge in [0.15, 0.2) is 11.9 Å². The average molecular weight is 431 g/mol. The van der Waals surface area contributed by atoms with Crippen molar-refractivity contribution in [2.24, 2.45) is 0 Å². The number of aliphatic hydroxyl groups is 2. The quantitative estimate of drug-likeness (QED) is 0.432. The maximum Gasteiger partial charge on any atom is 0.233 e. The molecule has 1 aliphatic rings. The van der Waals surface area contributed by atoms with E-state index in [-0.39, 0.29) is 6.54 Å². The Morgan fingerprint density at radius 1 is 1.17 bits per heavy atom. The predicted molar refractivity (Wildman–Crippen MR) is 110 cm³/mol. The highest BCUT2D eigenvalue weighted by Gasteiger charge is 2.44. The number of rotatable bonds is 6. The van der Waals surface area contributed by atoms with Gasteiger partial charge in [0.1, 0.15) is 23.8 Å². The third kappa shape index (κ3) is 4.06. The zero-order valence-electron chi connectivity index (χ0n) is 15.7. The first-order valence-corrected chi connectivity index (χ1v) is 10.7. The Morgan fingerprint density at radius 2 is 1.93 bits per heavy atom. The zero-order chi connectivity index (χ0) is 21.3. The monoisotopic (exact) mass is 431 g/mol. The topological polar surface area (TPSA) is 153 Å². The Morgan fingerprint density at radius 3 is 2.70 bits per heavy atom. The fourth-order valence-corrected chi connectivity index (χ4v) is 4.07. The molecule has 3 heterocycles. The number of aliphatic hydroxyl groups excluding tert-OH is 2. The summed E-state index contributed by atoms with van der Waals surface area (Å²) in [6.45, 7) is -0.224. The summed E-state index contributed by atoms with van der Waals surface area (Å²) in [7, 11) is -3.77. The minimum Gasteiger partial charge on any atom is -0.397 e. The first-order valence-electron chi connectivity index (χ1n) is 9.17. The van der Waals surface area contributed by atoms with Gasteiger partial charge in [-0.2, -0.15) is 0 Å². The smallest absolute Gasteiger partial charge is 0.233 e. The summed E-state index contributed by atoms with van der Waals surface area (Å²) in [4.78, 5) is 8.36. The molecule has 0 amide bonds. The number of hydrogen-bond acceptors (Lipinski definition) is 8. The Bertz CT molecular complexity index is 1160. The number of hydrogen-bond donors (Lipinski definition) is 4. The highest BCUT2D eigenvalue weighted by molar-refractivity contribution is 7.92. The minimum absolute atomic E-state index is 0.224. The van der Waals surface area contributed by atoms with Crippen LogP contribution in [0, 0.1) is 0 Å². The molecule has 30 heavy (non-hydrogen) atoms. The van der Waals surface area contributed by atoms with Crippen LogP contribution in [0.5, 0.6) is 0 Å². The average Bonchev–Trinajstić information content (AvgIpc) is 3.29. The molecule has 1 saturated heterocycles. The molecular weight excluding hydrogens is 410 g/mol. The molecule has 5 N–H and O–H groups in total. The number of benzene rings is 1. The molecule has 0 unspecified atom stereocenters. The van der Waals surface area contributed by atoms with Crippen LogP contribution in [0.1, 0.15) is 11.8 Å². The lowest BCUT2D eigenvalue weighted by atomic mass is 10.1. The molecule has 4 rings (SSSR count). The minimum atomic E-state index is -3.77. The number of sulfonamides is 1. The number of imidazole rings is 1. The molecule has 0 radical (unpaired) electrons. The zero-order valence-corrected chi connectivity index (χ0v) is 16.6. The predicted octanol–water partition coefficient (Wildman–Crippen LogP) is 0.223. The van der Waals surface area contributed by atoms with Gasteiger partial charge >= 0.3 is 0 Å². The molecule has 0 spiro atoms. The van der Waals surface area contributed by atoms with E-state index < -0.39 is 34.6 Å². The van der Waals surface area contributed by atoms with E-state index in [9.17, 15) is 18.6 Å². The third-order valence-corrected chi connectivity index (χ3v) is 5.89. The Labute approximate surface area is 172 Å². The van der Waals surface area contributed by atoms with Gasteiger partial charge in [-0.1, -0.05) is 30.3 Å². The van der Waals surface area contributed by atoms with Gasteiger partial charge in [-0.15, -0.1) is 0 Å². The van der Waals surface area contributed by atoms with Gasteiger partial charge in [0.2, 0.25) is 10.0 Å². The number of nitrogens with zero attached hydrogens (tertiary/aromatic N) is 3. The fourth-order valence-electron chi connectivity index (χ4n) is 3.25. The summed E-state index contributed by atoms with van der Waals surface area (Å²) in [5, 5.41) is 21.8. The SMILES string of the molecule is Nc1ccnc2c1ncn2[C@@H]1O[C@H](CNS(=O)(=O)/C=C/c2ccccc2)[C@@H](O)[C@H]1O. The van der Waals surface area contributed by atoms with Crippen molar-refractivity contribution in [3.8, 4) is 0 Å². The highest BCUT2D eigenvalue weighted by atomic mass is 32.2. The Hall–Kier alpha value is -2.83. The Balaban J connectivity index is 1.46. The summed E-state index contributed by atoms with van der Waals surface area (Å²) in [5.74, 6) is 0. The second kappa shape index (κ2) is 8.13. The van der Waals surface area contributed by atoms with Crippen LogP contribution in [-0.4, -0.2) is 58.0 Å². The van der Waals surface area contributed by atoms with Crippen molar-refractivity contribution < 1.29 is 23.4 Å². The number of anilines is 1. The van der Waals surface area contributed by atoms with E-state index in [1.165, 1.54) is 23.2 Å². The molecular formula is C19H21N5O5S. The van der Waals surface area contributed by atoms with Crippen LogP contribution in [0.2, 0.25) is 0 Å². The van der Waals surface area contributed by atoms with Crippen molar-refractivity contribution in [2.75, 3.05) is 12.3 Å². The van der Waals surface area contributed by atoms with Gasteiger partial charge in [0, 0.05) is 18.1 Å². The van der Waals surface area contributed by atoms with E-state index in [0.29, 0.717) is 16.9 Å². The largest absolute Gasteiger partial charge is 0.397 e. The van der Waals surface area contributed by atoms with Crippen LogP contribution >= 0.6 is 0 Å². The maximum atomic E-state index is 12.2. The van der Waals surface area contributed by atoms with Gasteiger partial charge in [-0.3, -0.25) is 4.57 Å². The first kappa shape index (κ1) is 20.4. The standard InChI is InChI=1S/C19H21N5O5S/c20-13-6-8-21-18-15(13)22-11-24(18)19-17(26)16(25)14(29-19)10-23-30(27,28)9-7-12-4-2-1-3-5-12/h1-9,11,14,16-17,19,23,25-26H,10H2,(H2,20,21)/b9-7+/t14-,16-,17-,19-/m1/s1. The molecule has 1 aromatic carbocycles. The number of nitrogen functional groups attached to an aromatic ring is 1. The van der Waals surface area contributed by atoms with Crippen molar-refractivity contribution in [2.45, 2.75) is 24.5 Å². The fraction of sp³-hybridized carbons (Fsp3) is 0.263. The number of fused-ring (bicyclic) bond motifs is 1. The number of pyridine rings is 1. The lowest BCUT2D eigenvalue weighted by molar-refractivity contribution is -0.0329. The van der Waals surface area contributed by atoms with Crippen LogP contribution in [0.4, 0.5) is 5.69 Å². The maximum absolute atomic E-state index is 12.2. The van der Waals surface area contributed by atoms with Crippen molar-refractivity contribution >= 4 is 33.0 Å². The lowest BCUT2D eigenvalue weighted by Gasteiger charge is -2.16. The van der Waals surface area contributed by atoms with Crippen LogP contribution in [0.3, 0.4) is 0 Å². The summed E-state index contributed by atoms with van der Waals surface area (Å²) in [6, 6.07) is 10.6. The van der Waals surface area contributed by atoms with Crippen molar-refractivity contribution in [3.05, 3.63) is 59.9 Å². The van der Waals surface area contributed by atoms with Gasteiger partial charge in [-0.25, -0.2) is 23.1 Å². The van der Waals surface area contributed by atoms with Crippen molar-refractivity contribution in [1.82, 2.24) is 19.3 Å². The van der Waals surface area contributed by atoms with E-state index in [1.54, 1.807) is 30.3 Å². The Kier molecular flexibility index (Phi) is 5.54. The highest BCUT2D eigenvalue weighted by Crippen LogP contribution is 2.32. The third-order valence-electron chi connectivity index (χ3n) is 4.83. The summed E-state index contributed by atoms with van der Waals surface area (Å²) in [5.41, 5.74) is 7.85. The molecule has 2 aromatic heterocycles. The van der Waals surface area contributed by atoms with Crippen LogP contribution in [-0.2, 0) is 14.8 Å². The second-order valence-corrected chi connectivity index (χ2v) is 8.53. The van der Waals surface area contributed by atoms with E-state index in [4.69, 9.17) is 10.5 Å². The molecule has 0 aliphatic carbocycles.